The maximum absolute atomic E-state index is 12.4. The molecule has 2 heterocycles. The average Bonchev–Trinajstić information content (AvgIpc) is 2.83. The summed E-state index contributed by atoms with van der Waals surface area (Å²) in [4.78, 5) is 39.7. The number of likely N-dealkylation sites (tertiary alicyclic amines) is 1. The number of carboxylic acids is 1. The van der Waals surface area contributed by atoms with Crippen molar-refractivity contribution in [1.82, 2.24) is 14.5 Å². The first-order valence-electron chi connectivity index (χ1n) is 7.24. The molecule has 116 valence electrons. The molecule has 0 saturated carbocycles. The number of fused-ring (bicyclic) bond motifs is 1. The van der Waals surface area contributed by atoms with Gasteiger partial charge in [-0.3, -0.25) is 14.2 Å². The zero-order valence-electron chi connectivity index (χ0n) is 12.0. The molecule has 2 N–H and O–H groups in total. The van der Waals surface area contributed by atoms with Crippen molar-refractivity contribution in [2.75, 3.05) is 13.1 Å². The van der Waals surface area contributed by atoms with Crippen molar-refractivity contribution < 1.29 is 14.7 Å². The summed E-state index contributed by atoms with van der Waals surface area (Å²) >= 11 is 0. The van der Waals surface area contributed by atoms with Gasteiger partial charge in [0, 0.05) is 13.1 Å². The van der Waals surface area contributed by atoms with Gasteiger partial charge in [-0.05, 0) is 25.0 Å². The van der Waals surface area contributed by atoms with Crippen LogP contribution in [0.15, 0.2) is 29.1 Å². The quantitative estimate of drug-likeness (QED) is 0.870. The molecule has 1 aromatic carbocycles. The van der Waals surface area contributed by atoms with E-state index in [4.69, 9.17) is 5.11 Å². The average molecular weight is 303 g/mol. The van der Waals surface area contributed by atoms with E-state index in [1.807, 2.05) is 6.07 Å². The van der Waals surface area contributed by atoms with Crippen LogP contribution in [0.4, 0.5) is 0 Å². The third-order valence-electron chi connectivity index (χ3n) is 4.10. The molecule has 1 aliphatic heterocycles. The van der Waals surface area contributed by atoms with Gasteiger partial charge in [0.05, 0.1) is 17.0 Å². The maximum Gasteiger partial charge on any atom is 0.326 e. The summed E-state index contributed by atoms with van der Waals surface area (Å²) in [7, 11) is 0. The van der Waals surface area contributed by atoms with Crippen molar-refractivity contribution in [2.24, 2.45) is 5.92 Å². The van der Waals surface area contributed by atoms with Gasteiger partial charge in [-0.1, -0.05) is 12.1 Å². The van der Waals surface area contributed by atoms with E-state index in [0.29, 0.717) is 30.4 Å². The summed E-state index contributed by atoms with van der Waals surface area (Å²) in [6.45, 7) is 0.681. The number of nitrogens with zero attached hydrogens (tertiary/aromatic N) is 2. The minimum Gasteiger partial charge on any atom is -0.481 e. The van der Waals surface area contributed by atoms with E-state index in [1.165, 1.54) is 9.47 Å². The van der Waals surface area contributed by atoms with E-state index in [0.717, 1.165) is 0 Å². The molecular formula is C15H17N3O4. The first kappa shape index (κ1) is 14.4. The van der Waals surface area contributed by atoms with E-state index in [-0.39, 0.29) is 24.7 Å². The van der Waals surface area contributed by atoms with Crippen molar-refractivity contribution in [2.45, 2.75) is 19.4 Å². The number of carbonyl (C=O) groups excluding carboxylic acids is 1. The van der Waals surface area contributed by atoms with E-state index in [2.05, 4.69) is 4.98 Å². The van der Waals surface area contributed by atoms with Crippen molar-refractivity contribution in [1.29, 1.82) is 0 Å². The van der Waals surface area contributed by atoms with Crippen molar-refractivity contribution in [3.63, 3.8) is 0 Å². The molecule has 7 heteroatoms. The lowest BCUT2D eigenvalue weighted by Crippen LogP contribution is -2.44. The SMILES string of the molecule is O=C(O)[C@H]1CCCN(C(=O)Cn2c(=O)[nH]c3ccccc32)C1. The van der Waals surface area contributed by atoms with Crippen LogP contribution in [0.25, 0.3) is 11.0 Å². The number of benzene rings is 1. The molecule has 1 saturated heterocycles. The van der Waals surface area contributed by atoms with Crippen LogP contribution in [0.1, 0.15) is 12.8 Å². The number of hydrogen-bond acceptors (Lipinski definition) is 3. The molecule has 1 aromatic heterocycles. The number of rotatable bonds is 3. The van der Waals surface area contributed by atoms with Crippen molar-refractivity contribution >= 4 is 22.9 Å². The highest BCUT2D eigenvalue weighted by Crippen LogP contribution is 2.17. The molecule has 1 atom stereocenters. The third kappa shape index (κ3) is 2.61. The Morgan fingerprint density at radius 3 is 2.86 bits per heavy atom. The second-order valence-corrected chi connectivity index (χ2v) is 5.55. The number of hydrogen-bond donors (Lipinski definition) is 2. The third-order valence-corrected chi connectivity index (χ3v) is 4.10. The molecule has 0 aliphatic carbocycles. The summed E-state index contributed by atoms with van der Waals surface area (Å²) < 4.78 is 1.39. The number of aliphatic carboxylic acids is 1. The molecule has 0 bridgehead atoms. The Hall–Kier alpha value is -2.57. The van der Waals surface area contributed by atoms with Crippen LogP contribution in [0, 0.1) is 5.92 Å². The second-order valence-electron chi connectivity index (χ2n) is 5.55. The summed E-state index contributed by atoms with van der Waals surface area (Å²) in [5.74, 6) is -1.61. The van der Waals surface area contributed by atoms with Gasteiger partial charge in [-0.25, -0.2) is 4.79 Å². The molecule has 22 heavy (non-hydrogen) atoms. The fourth-order valence-corrected chi connectivity index (χ4v) is 2.90. The van der Waals surface area contributed by atoms with Gasteiger partial charge >= 0.3 is 11.7 Å². The standard InChI is InChI=1S/C15H17N3O4/c19-13(17-7-3-4-10(8-17)14(20)21)9-18-12-6-2-1-5-11(12)16-15(18)22/h1-2,5-6,10H,3-4,7-9H2,(H,16,22)(H,20,21)/t10-/m0/s1. The summed E-state index contributed by atoms with van der Waals surface area (Å²) in [5, 5.41) is 9.08. The minimum atomic E-state index is -0.873. The van der Waals surface area contributed by atoms with Gasteiger partial charge in [-0.15, -0.1) is 0 Å². The largest absolute Gasteiger partial charge is 0.481 e. The van der Waals surface area contributed by atoms with E-state index in [1.54, 1.807) is 18.2 Å². The molecule has 3 rings (SSSR count). The lowest BCUT2D eigenvalue weighted by molar-refractivity contribution is -0.145. The maximum atomic E-state index is 12.4. The van der Waals surface area contributed by atoms with Crippen LogP contribution in [-0.2, 0) is 16.1 Å². The Labute approximate surface area is 126 Å². The number of aromatic nitrogens is 2. The molecule has 0 spiro atoms. The second kappa shape index (κ2) is 5.67. The van der Waals surface area contributed by atoms with Gasteiger partial charge in [0.2, 0.25) is 5.91 Å². The summed E-state index contributed by atoms with van der Waals surface area (Å²) in [6.07, 6.45) is 1.26. The van der Waals surface area contributed by atoms with Gasteiger partial charge in [0.25, 0.3) is 0 Å². The summed E-state index contributed by atoms with van der Waals surface area (Å²) in [5.41, 5.74) is 1.02. The smallest absolute Gasteiger partial charge is 0.326 e. The Kier molecular flexibility index (Phi) is 3.70. The molecule has 1 aliphatic rings. The number of carbonyl (C=O) groups is 2. The van der Waals surface area contributed by atoms with E-state index >= 15 is 0 Å². The van der Waals surface area contributed by atoms with Crippen LogP contribution in [0.5, 0.6) is 0 Å². The zero-order valence-corrected chi connectivity index (χ0v) is 12.0. The monoisotopic (exact) mass is 303 g/mol. The molecule has 7 nitrogen and oxygen atoms in total. The highest BCUT2D eigenvalue weighted by molar-refractivity contribution is 5.81. The Balaban J connectivity index is 1.80. The first-order valence-corrected chi connectivity index (χ1v) is 7.24. The Bertz CT molecular complexity index is 776. The van der Waals surface area contributed by atoms with Crippen molar-refractivity contribution in [3.8, 4) is 0 Å². The number of aromatic amines is 1. The number of piperidine rings is 1. The highest BCUT2D eigenvalue weighted by atomic mass is 16.4. The molecule has 1 fully saturated rings. The lowest BCUT2D eigenvalue weighted by Gasteiger charge is -2.30. The number of H-pyrrole nitrogens is 1. The number of para-hydroxylation sites is 2. The highest BCUT2D eigenvalue weighted by Gasteiger charge is 2.28. The molecule has 0 radical (unpaired) electrons. The normalized spacial score (nSPS) is 18.5. The van der Waals surface area contributed by atoms with Crippen LogP contribution in [0.3, 0.4) is 0 Å². The fraction of sp³-hybridized carbons (Fsp3) is 0.400. The van der Waals surface area contributed by atoms with Crippen LogP contribution in [-0.4, -0.2) is 44.5 Å². The fourth-order valence-electron chi connectivity index (χ4n) is 2.90. The van der Waals surface area contributed by atoms with Gasteiger partial charge in [0.15, 0.2) is 0 Å². The molecule has 0 unspecified atom stereocenters. The Morgan fingerprint density at radius 2 is 2.09 bits per heavy atom. The minimum absolute atomic E-state index is 0.0742. The number of nitrogens with one attached hydrogen (secondary N) is 1. The molecule has 1 amide bonds. The lowest BCUT2D eigenvalue weighted by atomic mass is 9.98. The number of amides is 1. The topological polar surface area (TPSA) is 95.4 Å². The van der Waals surface area contributed by atoms with Gasteiger partial charge in [0.1, 0.15) is 6.54 Å². The van der Waals surface area contributed by atoms with E-state index in [9.17, 15) is 14.4 Å². The van der Waals surface area contributed by atoms with Crippen molar-refractivity contribution in [3.05, 3.63) is 34.7 Å². The van der Waals surface area contributed by atoms with E-state index < -0.39 is 11.9 Å². The predicted octanol–water partition coefficient (Wildman–Crippen LogP) is 0.653. The number of imidazole rings is 1. The first-order chi connectivity index (χ1) is 10.6. The van der Waals surface area contributed by atoms with Crippen LogP contribution < -0.4 is 5.69 Å². The summed E-state index contributed by atoms with van der Waals surface area (Å²) in [6, 6.07) is 7.17. The molecular weight excluding hydrogens is 286 g/mol. The van der Waals surface area contributed by atoms with Gasteiger partial charge < -0.3 is 15.0 Å². The molecule has 2 aromatic rings. The van der Waals surface area contributed by atoms with Gasteiger partial charge in [-0.2, -0.15) is 0 Å². The predicted molar refractivity (Wildman–Crippen MR) is 79.5 cm³/mol. The van der Waals surface area contributed by atoms with Crippen LogP contribution >= 0.6 is 0 Å². The zero-order chi connectivity index (χ0) is 15.7. The Morgan fingerprint density at radius 1 is 1.32 bits per heavy atom. The van der Waals surface area contributed by atoms with Crippen LogP contribution in [0.2, 0.25) is 0 Å². The number of carboxylic acid groups (broad SMARTS) is 1.